The molecule has 2 N–H and O–H groups in total. The monoisotopic (exact) mass is 296 g/mol. The summed E-state index contributed by atoms with van der Waals surface area (Å²) in [6.07, 6.45) is 3.88. The zero-order valence-electron chi connectivity index (χ0n) is 12.7. The van der Waals surface area contributed by atoms with Crippen molar-refractivity contribution < 1.29 is 9.68 Å². The van der Waals surface area contributed by atoms with Crippen LogP contribution in [-0.2, 0) is 9.68 Å². The van der Waals surface area contributed by atoms with Crippen LogP contribution in [0.15, 0.2) is 72.8 Å². The van der Waals surface area contributed by atoms with Crippen LogP contribution in [0.3, 0.4) is 0 Å². The highest BCUT2D eigenvalue weighted by molar-refractivity contribution is 5.70. The Hall–Kier alpha value is -2.56. The molecule has 0 aromatic heterocycles. The largest absolute Gasteiger partial charge is 0.279 e. The van der Waals surface area contributed by atoms with E-state index in [4.69, 9.17) is 9.68 Å². The van der Waals surface area contributed by atoms with Crippen molar-refractivity contribution >= 4 is 11.4 Å². The van der Waals surface area contributed by atoms with E-state index in [0.717, 1.165) is 22.5 Å². The summed E-state index contributed by atoms with van der Waals surface area (Å²) in [5, 5.41) is 0. The molecule has 0 spiro atoms. The van der Waals surface area contributed by atoms with Crippen molar-refractivity contribution in [1.29, 1.82) is 0 Å². The SMILES string of the molecule is CONC(=CC=C(NOC)c1ccccc1)c1ccccc1. The molecule has 0 atom stereocenters. The van der Waals surface area contributed by atoms with Gasteiger partial charge < -0.3 is 0 Å². The summed E-state index contributed by atoms with van der Waals surface area (Å²) in [5.74, 6) is 0. The lowest BCUT2D eigenvalue weighted by atomic mass is 10.1. The number of rotatable bonds is 7. The Morgan fingerprint density at radius 3 is 1.36 bits per heavy atom. The van der Waals surface area contributed by atoms with Crippen molar-refractivity contribution in [3.05, 3.63) is 83.9 Å². The molecule has 0 saturated heterocycles. The minimum Gasteiger partial charge on any atom is -0.279 e. The molecule has 4 nitrogen and oxygen atoms in total. The Morgan fingerprint density at radius 1 is 0.682 bits per heavy atom. The number of hydrogen-bond donors (Lipinski definition) is 2. The van der Waals surface area contributed by atoms with Gasteiger partial charge in [-0.25, -0.2) is 0 Å². The summed E-state index contributed by atoms with van der Waals surface area (Å²) in [5.41, 5.74) is 9.57. The van der Waals surface area contributed by atoms with Gasteiger partial charge in [-0.3, -0.25) is 20.6 Å². The van der Waals surface area contributed by atoms with Crippen LogP contribution in [0.1, 0.15) is 11.1 Å². The Kier molecular flexibility index (Phi) is 6.23. The smallest absolute Gasteiger partial charge is 0.0677 e. The summed E-state index contributed by atoms with van der Waals surface area (Å²) in [6.45, 7) is 0. The molecule has 2 rings (SSSR count). The van der Waals surface area contributed by atoms with Gasteiger partial charge in [0.05, 0.1) is 25.6 Å². The highest BCUT2D eigenvalue weighted by atomic mass is 16.6. The molecule has 0 heterocycles. The molecule has 2 aromatic carbocycles. The van der Waals surface area contributed by atoms with Gasteiger partial charge >= 0.3 is 0 Å². The van der Waals surface area contributed by atoms with Gasteiger partial charge in [-0.05, 0) is 23.3 Å². The van der Waals surface area contributed by atoms with Gasteiger partial charge in [0.25, 0.3) is 0 Å². The molecule has 114 valence electrons. The van der Waals surface area contributed by atoms with E-state index in [1.165, 1.54) is 0 Å². The molecule has 0 amide bonds. The van der Waals surface area contributed by atoms with Crippen LogP contribution in [0.4, 0.5) is 0 Å². The van der Waals surface area contributed by atoms with Crippen LogP contribution < -0.4 is 11.0 Å². The Morgan fingerprint density at radius 2 is 1.05 bits per heavy atom. The first-order valence-corrected chi connectivity index (χ1v) is 6.96. The predicted molar refractivity (Wildman–Crippen MR) is 89.1 cm³/mol. The third-order valence-electron chi connectivity index (χ3n) is 3.01. The normalized spacial score (nSPS) is 12.1. The van der Waals surface area contributed by atoms with E-state index in [1.54, 1.807) is 14.2 Å². The van der Waals surface area contributed by atoms with Crippen molar-refractivity contribution in [2.45, 2.75) is 0 Å². The van der Waals surface area contributed by atoms with Gasteiger partial charge in [0.1, 0.15) is 0 Å². The van der Waals surface area contributed by atoms with E-state index in [2.05, 4.69) is 11.0 Å². The van der Waals surface area contributed by atoms with Crippen molar-refractivity contribution in [3.8, 4) is 0 Å². The second-order valence-corrected chi connectivity index (χ2v) is 4.51. The lowest BCUT2D eigenvalue weighted by Gasteiger charge is -2.10. The minimum absolute atomic E-state index is 0.856. The highest BCUT2D eigenvalue weighted by Crippen LogP contribution is 2.15. The molecule has 22 heavy (non-hydrogen) atoms. The highest BCUT2D eigenvalue weighted by Gasteiger charge is 2.01. The molecule has 0 aliphatic carbocycles. The van der Waals surface area contributed by atoms with E-state index in [0.29, 0.717) is 0 Å². The van der Waals surface area contributed by atoms with Gasteiger partial charge in [-0.2, -0.15) is 0 Å². The topological polar surface area (TPSA) is 42.5 Å². The predicted octanol–water partition coefficient (Wildman–Crippen LogP) is 3.37. The van der Waals surface area contributed by atoms with Crippen LogP contribution in [0.2, 0.25) is 0 Å². The van der Waals surface area contributed by atoms with Gasteiger partial charge in [0, 0.05) is 0 Å². The van der Waals surface area contributed by atoms with Crippen molar-refractivity contribution in [3.63, 3.8) is 0 Å². The number of hydrogen-bond acceptors (Lipinski definition) is 4. The van der Waals surface area contributed by atoms with Gasteiger partial charge in [-0.1, -0.05) is 60.7 Å². The van der Waals surface area contributed by atoms with E-state index in [-0.39, 0.29) is 0 Å². The van der Waals surface area contributed by atoms with Gasteiger partial charge in [-0.15, -0.1) is 0 Å². The third kappa shape index (κ3) is 4.48. The van der Waals surface area contributed by atoms with E-state index in [1.807, 2.05) is 72.8 Å². The second-order valence-electron chi connectivity index (χ2n) is 4.51. The van der Waals surface area contributed by atoms with Crippen molar-refractivity contribution in [1.82, 2.24) is 11.0 Å². The van der Waals surface area contributed by atoms with Crippen LogP contribution in [-0.4, -0.2) is 14.2 Å². The lowest BCUT2D eigenvalue weighted by Crippen LogP contribution is -2.11. The lowest BCUT2D eigenvalue weighted by molar-refractivity contribution is 0.136. The molecular weight excluding hydrogens is 276 g/mol. The molecule has 0 unspecified atom stereocenters. The van der Waals surface area contributed by atoms with Crippen LogP contribution in [0.25, 0.3) is 11.4 Å². The summed E-state index contributed by atoms with van der Waals surface area (Å²) < 4.78 is 0. The number of benzene rings is 2. The Bertz CT molecular complexity index is 565. The fraction of sp³-hybridized carbons (Fsp3) is 0.111. The molecular formula is C18H20N2O2. The molecule has 2 aromatic rings. The summed E-state index contributed by atoms with van der Waals surface area (Å²) >= 11 is 0. The maximum Gasteiger partial charge on any atom is 0.0677 e. The fourth-order valence-electron chi connectivity index (χ4n) is 2.00. The maximum atomic E-state index is 5.06. The zero-order chi connectivity index (χ0) is 15.6. The number of nitrogens with one attached hydrogen (secondary N) is 2. The first-order valence-electron chi connectivity index (χ1n) is 6.96. The number of allylic oxidation sites excluding steroid dienone is 2. The van der Waals surface area contributed by atoms with E-state index >= 15 is 0 Å². The van der Waals surface area contributed by atoms with Crippen molar-refractivity contribution in [2.75, 3.05) is 14.2 Å². The van der Waals surface area contributed by atoms with Gasteiger partial charge in [0.2, 0.25) is 0 Å². The Labute approximate surface area is 131 Å². The first-order chi connectivity index (χ1) is 10.8. The average Bonchev–Trinajstić information content (AvgIpc) is 2.59. The molecule has 0 bridgehead atoms. The third-order valence-corrected chi connectivity index (χ3v) is 3.01. The van der Waals surface area contributed by atoms with E-state index in [9.17, 15) is 0 Å². The quantitative estimate of drug-likeness (QED) is 0.607. The molecule has 0 fully saturated rings. The Balaban J connectivity index is 2.33. The molecule has 0 aliphatic rings. The first kappa shape index (κ1) is 15.8. The molecule has 0 radical (unpaired) electrons. The fourth-order valence-corrected chi connectivity index (χ4v) is 2.00. The minimum atomic E-state index is 0.856. The standard InChI is InChI=1S/C18H20N2O2/c1-21-19-17(15-9-5-3-6-10-15)13-14-18(20-22-2)16-11-7-4-8-12-16/h3-14,19-20H,1-2H3. The second kappa shape index (κ2) is 8.67. The molecule has 0 saturated carbocycles. The zero-order valence-corrected chi connectivity index (χ0v) is 12.7. The summed E-state index contributed by atoms with van der Waals surface area (Å²) in [7, 11) is 3.18. The maximum absolute atomic E-state index is 5.06. The van der Waals surface area contributed by atoms with Gasteiger partial charge in [0.15, 0.2) is 0 Å². The van der Waals surface area contributed by atoms with Crippen LogP contribution in [0.5, 0.6) is 0 Å². The summed E-state index contributed by atoms with van der Waals surface area (Å²) in [4.78, 5) is 10.1. The number of hydroxylamine groups is 2. The van der Waals surface area contributed by atoms with E-state index < -0.39 is 0 Å². The summed E-state index contributed by atoms with van der Waals surface area (Å²) in [6, 6.07) is 19.9. The van der Waals surface area contributed by atoms with Crippen LogP contribution in [0, 0.1) is 0 Å². The van der Waals surface area contributed by atoms with Crippen LogP contribution >= 0.6 is 0 Å². The van der Waals surface area contributed by atoms with Crippen molar-refractivity contribution in [2.24, 2.45) is 0 Å². The molecule has 4 heteroatoms. The molecule has 0 aliphatic heterocycles. The average molecular weight is 296 g/mol.